The number of primary amides is 1. The van der Waals surface area contributed by atoms with Gasteiger partial charge in [-0.15, -0.1) is 11.3 Å². The van der Waals surface area contributed by atoms with Gasteiger partial charge in [-0.3, -0.25) is 4.79 Å². The molecule has 126 valence electrons. The number of carbonyl (C=O) groups is 1. The lowest BCUT2D eigenvalue weighted by molar-refractivity contribution is 0.0996. The molecule has 3 aromatic rings. The predicted molar refractivity (Wildman–Crippen MR) is 102 cm³/mol. The van der Waals surface area contributed by atoms with Crippen LogP contribution in [-0.2, 0) is 0 Å². The Morgan fingerprint density at radius 2 is 2.00 bits per heavy atom. The Kier molecular flexibility index (Phi) is 5.43. The van der Waals surface area contributed by atoms with Crippen molar-refractivity contribution in [2.45, 2.75) is 26.2 Å². The summed E-state index contributed by atoms with van der Waals surface area (Å²) in [6.07, 6.45) is 5.88. The van der Waals surface area contributed by atoms with Crippen LogP contribution in [0.25, 0.3) is 20.2 Å². The highest BCUT2D eigenvalue weighted by molar-refractivity contribution is 7.25. The van der Waals surface area contributed by atoms with E-state index in [2.05, 4.69) is 23.3 Å². The Morgan fingerprint density at radius 1 is 1.25 bits per heavy atom. The number of rotatable bonds is 2. The summed E-state index contributed by atoms with van der Waals surface area (Å²) in [6, 6.07) is 9.85. The summed E-state index contributed by atoms with van der Waals surface area (Å²) in [7, 11) is 0. The van der Waals surface area contributed by atoms with Gasteiger partial charge in [-0.05, 0) is 44.0 Å². The first-order valence-corrected chi connectivity index (χ1v) is 9.28. The second-order valence-electron chi connectivity index (χ2n) is 6.13. The van der Waals surface area contributed by atoms with Crippen molar-refractivity contribution in [3.8, 4) is 0 Å². The molecular formula is C19H23N3OS. The highest BCUT2D eigenvalue weighted by Crippen LogP contribution is 2.33. The van der Waals surface area contributed by atoms with Crippen LogP contribution in [0.5, 0.6) is 0 Å². The van der Waals surface area contributed by atoms with Gasteiger partial charge in [0.05, 0.1) is 4.70 Å². The molecule has 0 bridgehead atoms. The minimum absolute atomic E-state index is 0.316. The summed E-state index contributed by atoms with van der Waals surface area (Å²) in [6.45, 7) is 4.78. The molecule has 0 radical (unpaired) electrons. The lowest BCUT2D eigenvalue weighted by atomic mass is 9.96. The summed E-state index contributed by atoms with van der Waals surface area (Å²) in [5.41, 5.74) is 5.54. The van der Waals surface area contributed by atoms with Crippen LogP contribution in [0.3, 0.4) is 0 Å². The molecular weight excluding hydrogens is 318 g/mol. The van der Waals surface area contributed by atoms with Gasteiger partial charge in [0.1, 0.15) is 5.69 Å². The molecule has 3 heterocycles. The molecule has 4 rings (SSSR count). The lowest BCUT2D eigenvalue weighted by Crippen LogP contribution is -2.27. The smallest absolute Gasteiger partial charge is 0.267 e. The van der Waals surface area contributed by atoms with Crippen molar-refractivity contribution < 1.29 is 4.79 Å². The van der Waals surface area contributed by atoms with E-state index in [4.69, 9.17) is 5.73 Å². The normalized spacial score (nSPS) is 15.2. The first-order chi connectivity index (χ1) is 11.7. The van der Waals surface area contributed by atoms with Crippen LogP contribution in [0.1, 0.15) is 36.7 Å². The van der Waals surface area contributed by atoms with E-state index in [1.54, 1.807) is 23.6 Å². The molecule has 1 aromatic carbocycles. The maximum atomic E-state index is 11.1. The Hall–Kier alpha value is -1.98. The molecule has 0 atom stereocenters. The molecule has 24 heavy (non-hydrogen) atoms. The number of fused-ring (bicyclic) bond motifs is 3. The molecule has 0 saturated carbocycles. The van der Waals surface area contributed by atoms with Crippen LogP contribution in [0.2, 0.25) is 0 Å². The standard InChI is InChI=1S/C12H8N2OS.C7H15N/c13-12(15)9-5-8-7-3-1-2-4-10(7)16-11(8)6-14-9;1-2-7-3-5-8-6-4-7/h1-6H,(H2,13,15);7-8H,2-6H2,1H3. The number of nitrogens with two attached hydrogens (primary N) is 1. The van der Waals surface area contributed by atoms with E-state index in [-0.39, 0.29) is 0 Å². The molecule has 1 fully saturated rings. The number of amides is 1. The van der Waals surface area contributed by atoms with E-state index in [1.165, 1.54) is 37.1 Å². The first kappa shape index (κ1) is 16.9. The number of hydrogen-bond acceptors (Lipinski definition) is 4. The van der Waals surface area contributed by atoms with Crippen molar-refractivity contribution in [3.05, 3.63) is 42.2 Å². The number of thiophene rings is 1. The third-order valence-electron chi connectivity index (χ3n) is 4.55. The molecule has 1 aliphatic heterocycles. The second kappa shape index (κ2) is 7.73. The van der Waals surface area contributed by atoms with Crippen LogP contribution in [0.4, 0.5) is 0 Å². The van der Waals surface area contributed by atoms with Crippen LogP contribution in [-0.4, -0.2) is 24.0 Å². The van der Waals surface area contributed by atoms with Gasteiger partial charge in [0.25, 0.3) is 5.91 Å². The Labute approximate surface area is 146 Å². The van der Waals surface area contributed by atoms with E-state index in [9.17, 15) is 4.79 Å². The van der Waals surface area contributed by atoms with E-state index in [1.807, 2.05) is 18.2 Å². The highest BCUT2D eigenvalue weighted by Gasteiger charge is 2.09. The largest absolute Gasteiger partial charge is 0.364 e. The van der Waals surface area contributed by atoms with E-state index < -0.39 is 5.91 Å². The zero-order valence-electron chi connectivity index (χ0n) is 13.9. The number of pyridine rings is 1. The van der Waals surface area contributed by atoms with E-state index in [0.717, 1.165) is 21.4 Å². The molecule has 0 unspecified atom stereocenters. The van der Waals surface area contributed by atoms with Crippen molar-refractivity contribution in [2.24, 2.45) is 11.7 Å². The number of carbonyl (C=O) groups excluding carboxylic acids is 1. The SMILES string of the molecule is CCC1CCNCC1.NC(=O)c1cc2c(cn1)sc1ccccc12. The van der Waals surface area contributed by atoms with Gasteiger partial charge in [-0.1, -0.05) is 31.5 Å². The van der Waals surface area contributed by atoms with Crippen LogP contribution < -0.4 is 11.1 Å². The number of aromatic nitrogens is 1. The van der Waals surface area contributed by atoms with E-state index in [0.29, 0.717) is 5.69 Å². The molecule has 1 aliphatic rings. The maximum Gasteiger partial charge on any atom is 0.267 e. The van der Waals surface area contributed by atoms with Gasteiger partial charge in [-0.25, -0.2) is 4.98 Å². The Morgan fingerprint density at radius 3 is 2.67 bits per heavy atom. The monoisotopic (exact) mass is 341 g/mol. The van der Waals surface area contributed by atoms with Gasteiger partial charge >= 0.3 is 0 Å². The average Bonchev–Trinajstić information content (AvgIpc) is 3.00. The quantitative estimate of drug-likeness (QED) is 0.742. The molecule has 0 aliphatic carbocycles. The predicted octanol–water partition coefficient (Wildman–Crippen LogP) is 3.94. The molecule has 2 aromatic heterocycles. The van der Waals surface area contributed by atoms with E-state index >= 15 is 0 Å². The van der Waals surface area contributed by atoms with Gasteiger partial charge < -0.3 is 11.1 Å². The van der Waals surface area contributed by atoms with Crippen LogP contribution in [0.15, 0.2) is 36.5 Å². The third kappa shape index (κ3) is 3.74. The van der Waals surface area contributed by atoms with Crippen molar-refractivity contribution in [3.63, 3.8) is 0 Å². The molecule has 1 saturated heterocycles. The van der Waals surface area contributed by atoms with Crippen molar-refractivity contribution in [2.75, 3.05) is 13.1 Å². The number of hydrogen-bond donors (Lipinski definition) is 2. The van der Waals surface area contributed by atoms with Gasteiger partial charge in [0, 0.05) is 21.7 Å². The molecule has 4 nitrogen and oxygen atoms in total. The summed E-state index contributed by atoms with van der Waals surface area (Å²) in [5.74, 6) is 0.536. The zero-order chi connectivity index (χ0) is 16.9. The third-order valence-corrected chi connectivity index (χ3v) is 5.67. The van der Waals surface area contributed by atoms with Crippen molar-refractivity contribution in [1.82, 2.24) is 10.3 Å². The fraction of sp³-hybridized carbons (Fsp3) is 0.368. The topological polar surface area (TPSA) is 68.0 Å². The first-order valence-electron chi connectivity index (χ1n) is 8.47. The number of benzene rings is 1. The minimum atomic E-state index is -0.489. The summed E-state index contributed by atoms with van der Waals surface area (Å²) < 4.78 is 2.27. The van der Waals surface area contributed by atoms with Crippen LogP contribution >= 0.6 is 11.3 Å². The Bertz CT molecular complexity index is 837. The minimum Gasteiger partial charge on any atom is -0.364 e. The number of piperidine rings is 1. The maximum absolute atomic E-state index is 11.1. The van der Waals surface area contributed by atoms with Crippen molar-refractivity contribution in [1.29, 1.82) is 0 Å². The summed E-state index contributed by atoms with van der Waals surface area (Å²) in [5, 5.41) is 5.54. The van der Waals surface area contributed by atoms with Crippen molar-refractivity contribution >= 4 is 37.4 Å². The molecule has 1 amide bonds. The van der Waals surface area contributed by atoms with Gasteiger partial charge in [-0.2, -0.15) is 0 Å². The van der Waals surface area contributed by atoms with Gasteiger partial charge in [0.15, 0.2) is 0 Å². The van der Waals surface area contributed by atoms with Gasteiger partial charge in [0.2, 0.25) is 0 Å². The van der Waals surface area contributed by atoms with Crippen LogP contribution in [0, 0.1) is 5.92 Å². The zero-order valence-corrected chi connectivity index (χ0v) is 14.7. The summed E-state index contributed by atoms with van der Waals surface area (Å²) in [4.78, 5) is 15.1. The second-order valence-corrected chi connectivity index (χ2v) is 7.21. The highest BCUT2D eigenvalue weighted by atomic mass is 32.1. The number of nitrogens with one attached hydrogen (secondary N) is 1. The fourth-order valence-corrected chi connectivity index (χ4v) is 4.11. The summed E-state index contributed by atoms with van der Waals surface area (Å²) >= 11 is 1.67. The number of nitrogens with zero attached hydrogens (tertiary/aromatic N) is 1. The lowest BCUT2D eigenvalue weighted by Gasteiger charge is -2.20. The molecule has 0 spiro atoms. The Balaban J connectivity index is 0.000000179. The molecule has 3 N–H and O–H groups in total. The fourth-order valence-electron chi connectivity index (χ4n) is 3.06. The molecule has 5 heteroatoms. The average molecular weight is 341 g/mol.